The number of amides is 1. The summed E-state index contributed by atoms with van der Waals surface area (Å²) in [4.78, 5) is 19.2. The zero-order chi connectivity index (χ0) is 24.4. The molecule has 178 valence electrons. The van der Waals surface area contributed by atoms with Gasteiger partial charge in [0.05, 0.1) is 23.3 Å². The molecule has 1 amide bonds. The Morgan fingerprint density at radius 1 is 1.09 bits per heavy atom. The lowest BCUT2D eigenvalue weighted by Crippen LogP contribution is -2.39. The zero-order valence-corrected chi connectivity index (χ0v) is 20.9. The average Bonchev–Trinajstić information content (AvgIpc) is 2.87. The van der Waals surface area contributed by atoms with Gasteiger partial charge in [0.15, 0.2) is 0 Å². The van der Waals surface area contributed by atoms with E-state index in [4.69, 9.17) is 9.73 Å². The predicted molar refractivity (Wildman–Crippen MR) is 144 cm³/mol. The van der Waals surface area contributed by atoms with E-state index in [-0.39, 0.29) is 5.24 Å². The second-order valence-electron chi connectivity index (χ2n) is 9.07. The third-order valence-corrected chi connectivity index (χ3v) is 7.22. The van der Waals surface area contributed by atoms with Crippen LogP contribution in [0.5, 0.6) is 5.75 Å². The van der Waals surface area contributed by atoms with E-state index in [0.717, 1.165) is 59.2 Å². The van der Waals surface area contributed by atoms with E-state index in [1.807, 2.05) is 56.3 Å². The van der Waals surface area contributed by atoms with Crippen molar-refractivity contribution in [3.63, 3.8) is 0 Å². The number of hydrogen-bond acceptors (Lipinski definition) is 5. The van der Waals surface area contributed by atoms with Crippen LogP contribution < -0.4 is 15.1 Å². The number of aryl methyl sites for hydroxylation is 1. The molecule has 2 aliphatic heterocycles. The monoisotopic (exact) mass is 484 g/mol. The average molecular weight is 485 g/mol. The van der Waals surface area contributed by atoms with Crippen molar-refractivity contribution >= 4 is 39.9 Å². The summed E-state index contributed by atoms with van der Waals surface area (Å²) in [7, 11) is 1.67. The number of rotatable bonds is 4. The minimum atomic E-state index is -0.395. The Morgan fingerprint density at radius 2 is 1.86 bits per heavy atom. The maximum absolute atomic E-state index is 11.8. The van der Waals surface area contributed by atoms with Gasteiger partial charge in [-0.2, -0.15) is 5.10 Å². The number of hydrogen-bond donors (Lipinski definition) is 1. The van der Waals surface area contributed by atoms with E-state index in [9.17, 15) is 4.79 Å². The first kappa shape index (κ1) is 23.2. The van der Waals surface area contributed by atoms with Crippen molar-refractivity contribution in [2.45, 2.75) is 31.4 Å². The normalized spacial score (nSPS) is 17.3. The first-order valence-corrected chi connectivity index (χ1v) is 12.5. The van der Waals surface area contributed by atoms with Gasteiger partial charge in [-0.05, 0) is 86.3 Å². The highest BCUT2D eigenvalue weighted by Gasteiger charge is 2.34. The number of benzene rings is 3. The van der Waals surface area contributed by atoms with Crippen molar-refractivity contribution in [1.82, 2.24) is 5.43 Å². The number of hydrazone groups is 1. The van der Waals surface area contributed by atoms with Crippen LogP contribution in [0.2, 0.25) is 0 Å². The van der Waals surface area contributed by atoms with Gasteiger partial charge in [-0.1, -0.05) is 36.0 Å². The van der Waals surface area contributed by atoms with Crippen molar-refractivity contribution in [3.05, 3.63) is 89.5 Å². The van der Waals surface area contributed by atoms with E-state index in [0.29, 0.717) is 0 Å². The van der Waals surface area contributed by atoms with Crippen molar-refractivity contribution in [2.24, 2.45) is 10.1 Å². The molecule has 0 radical (unpaired) electrons. The molecule has 0 saturated carbocycles. The number of methoxy groups -OCH3 is 1. The molecule has 0 fully saturated rings. The number of carbonyl (C=O) groups is 1. The van der Waals surface area contributed by atoms with Crippen LogP contribution in [0.1, 0.15) is 37.0 Å². The molecule has 0 spiro atoms. The van der Waals surface area contributed by atoms with Crippen molar-refractivity contribution in [2.75, 3.05) is 18.6 Å². The number of nitrogens with zero attached hydrogens (tertiary/aromatic N) is 3. The quantitative estimate of drug-likeness (QED) is 0.355. The van der Waals surface area contributed by atoms with Crippen LogP contribution in [0.25, 0.3) is 0 Å². The van der Waals surface area contributed by atoms with Crippen molar-refractivity contribution in [1.29, 1.82) is 0 Å². The van der Waals surface area contributed by atoms with Crippen LogP contribution in [0, 0.1) is 0 Å². The summed E-state index contributed by atoms with van der Waals surface area (Å²) in [6.07, 6.45) is 2.00. The molecule has 3 aromatic carbocycles. The molecule has 0 atom stereocenters. The Kier molecular flexibility index (Phi) is 6.34. The van der Waals surface area contributed by atoms with E-state index in [1.54, 1.807) is 7.11 Å². The van der Waals surface area contributed by atoms with Crippen LogP contribution in [-0.2, 0) is 6.42 Å². The molecule has 35 heavy (non-hydrogen) atoms. The molecule has 1 N–H and O–H groups in total. The van der Waals surface area contributed by atoms with Gasteiger partial charge in [0.25, 0.3) is 5.24 Å². The fraction of sp³-hybridized carbons (Fsp3) is 0.250. The number of amidine groups is 1. The van der Waals surface area contributed by atoms with Gasteiger partial charge >= 0.3 is 0 Å². The minimum absolute atomic E-state index is 0.121. The standard InChI is InChI=1S/C28H28N4O2S/c1-28(2)25(30-31-27(33)35-28)21-13-16-24-20(18-21)8-7-17-32(24)26(29-22-9-5-4-6-10-22)19-11-14-23(34-3)15-12-19/h4-6,9-16,18H,7-8,17H2,1-3H3,(H,31,33)/b29-26-. The van der Waals surface area contributed by atoms with Gasteiger partial charge in [0, 0.05) is 17.8 Å². The molecule has 0 aliphatic carbocycles. The molecule has 7 heteroatoms. The molecule has 0 bridgehead atoms. The van der Waals surface area contributed by atoms with Crippen LogP contribution in [0.3, 0.4) is 0 Å². The maximum Gasteiger partial charge on any atom is 0.300 e. The summed E-state index contributed by atoms with van der Waals surface area (Å²) in [6.45, 7) is 4.95. The molecular formula is C28H28N4O2S. The summed E-state index contributed by atoms with van der Waals surface area (Å²) >= 11 is 1.27. The van der Waals surface area contributed by atoms with Gasteiger partial charge in [-0.3, -0.25) is 4.79 Å². The summed E-state index contributed by atoms with van der Waals surface area (Å²) in [6, 6.07) is 24.6. The van der Waals surface area contributed by atoms with Gasteiger partial charge < -0.3 is 9.64 Å². The highest BCUT2D eigenvalue weighted by Crippen LogP contribution is 2.36. The van der Waals surface area contributed by atoms with Gasteiger partial charge in [-0.25, -0.2) is 10.4 Å². The largest absolute Gasteiger partial charge is 0.497 e. The molecule has 0 unspecified atom stereocenters. The Balaban J connectivity index is 1.57. The Labute approximate surface area is 210 Å². The number of fused-ring (bicyclic) bond motifs is 1. The number of ether oxygens (including phenoxy) is 1. The highest BCUT2D eigenvalue weighted by molar-refractivity contribution is 8.15. The first-order chi connectivity index (χ1) is 16.9. The maximum atomic E-state index is 11.8. The van der Waals surface area contributed by atoms with Crippen LogP contribution in [-0.4, -0.2) is 35.2 Å². The third kappa shape index (κ3) is 4.82. The number of para-hydroxylation sites is 1. The summed E-state index contributed by atoms with van der Waals surface area (Å²) in [5.74, 6) is 1.73. The zero-order valence-electron chi connectivity index (χ0n) is 20.1. The van der Waals surface area contributed by atoms with Gasteiger partial charge in [0.2, 0.25) is 0 Å². The van der Waals surface area contributed by atoms with E-state index >= 15 is 0 Å². The molecule has 0 saturated heterocycles. The van der Waals surface area contributed by atoms with Crippen molar-refractivity contribution < 1.29 is 9.53 Å². The molecule has 2 heterocycles. The van der Waals surface area contributed by atoms with Crippen LogP contribution in [0.15, 0.2) is 82.9 Å². The topological polar surface area (TPSA) is 66.3 Å². The number of aliphatic imine (C=N–C) groups is 1. The third-order valence-electron chi connectivity index (χ3n) is 6.24. The Morgan fingerprint density at radius 3 is 2.57 bits per heavy atom. The van der Waals surface area contributed by atoms with Gasteiger partial charge in [0.1, 0.15) is 11.6 Å². The fourth-order valence-corrected chi connectivity index (χ4v) is 5.38. The number of carbonyl (C=O) groups excluding carboxylic acids is 1. The Hall–Kier alpha value is -3.58. The first-order valence-electron chi connectivity index (χ1n) is 11.7. The van der Waals surface area contributed by atoms with Crippen LogP contribution in [0.4, 0.5) is 16.2 Å². The van der Waals surface area contributed by atoms with E-state index in [2.05, 4.69) is 45.8 Å². The molecular weight excluding hydrogens is 456 g/mol. The van der Waals surface area contributed by atoms with E-state index < -0.39 is 4.75 Å². The summed E-state index contributed by atoms with van der Waals surface area (Å²) < 4.78 is 4.98. The predicted octanol–water partition coefficient (Wildman–Crippen LogP) is 6.17. The molecule has 2 aliphatic rings. The number of nitrogens with one attached hydrogen (secondary N) is 1. The lowest BCUT2D eigenvalue weighted by Gasteiger charge is -2.34. The molecule has 0 aromatic heterocycles. The van der Waals surface area contributed by atoms with Crippen molar-refractivity contribution in [3.8, 4) is 5.75 Å². The second kappa shape index (κ2) is 9.58. The smallest absolute Gasteiger partial charge is 0.300 e. The second-order valence-corrected chi connectivity index (χ2v) is 10.7. The van der Waals surface area contributed by atoms with E-state index in [1.165, 1.54) is 17.3 Å². The number of anilines is 1. The fourth-order valence-electron chi connectivity index (χ4n) is 4.56. The number of thioether (sulfide) groups is 1. The summed E-state index contributed by atoms with van der Waals surface area (Å²) in [5.41, 5.74) is 8.89. The van der Waals surface area contributed by atoms with Gasteiger partial charge in [-0.15, -0.1) is 0 Å². The lowest BCUT2D eigenvalue weighted by atomic mass is 9.93. The molecule has 5 rings (SSSR count). The van der Waals surface area contributed by atoms with Crippen LogP contribution >= 0.6 is 11.8 Å². The minimum Gasteiger partial charge on any atom is -0.497 e. The summed E-state index contributed by atoms with van der Waals surface area (Å²) in [5, 5.41) is 4.28. The SMILES string of the molecule is COc1ccc(/C(=N/c2ccccc2)N2CCCc3cc(C4=NNC(=O)SC4(C)C)ccc32)cc1. The molecule has 3 aromatic rings. The molecule has 6 nitrogen and oxygen atoms in total. The highest BCUT2D eigenvalue weighted by atomic mass is 32.2. The lowest BCUT2D eigenvalue weighted by molar-refractivity contribution is 0.260. The Bertz CT molecular complexity index is 1300.